The largest absolute Gasteiger partial charge is 0.443 e. The normalized spacial score (nSPS) is 10.9. The molecule has 0 heterocycles. The average molecular weight is 503 g/mol. The molecule has 7 heteroatoms. The van der Waals surface area contributed by atoms with Crippen molar-refractivity contribution in [3.05, 3.63) is 117 Å². The van der Waals surface area contributed by atoms with Crippen LogP contribution in [0.3, 0.4) is 0 Å². The molecule has 0 aliphatic carbocycles. The van der Waals surface area contributed by atoms with Gasteiger partial charge < -0.3 is 14.8 Å². The van der Waals surface area contributed by atoms with E-state index in [1.54, 1.807) is 12.1 Å². The highest BCUT2D eigenvalue weighted by Gasteiger charge is 2.22. The van der Waals surface area contributed by atoms with Crippen LogP contribution in [0.2, 0.25) is 10.0 Å². The number of ether oxygens (including phenoxy) is 1. The van der Waals surface area contributed by atoms with Crippen molar-refractivity contribution in [3.63, 3.8) is 0 Å². The minimum Gasteiger partial charge on any atom is -0.443 e. The van der Waals surface area contributed by atoms with E-state index < -0.39 is 13.8 Å². The Kier molecular flexibility index (Phi) is 8.38. The third-order valence-electron chi connectivity index (χ3n) is 6.21. The maximum atomic E-state index is 11.0. The molecule has 2 N–H and O–H groups in total. The predicted molar refractivity (Wildman–Crippen MR) is 148 cm³/mol. The quantitative estimate of drug-likeness (QED) is 0.362. The molecule has 0 saturated heterocycles. The SMILES string of the molecule is Cc1cc(B(O)c2ccccc2COCc2ccccc2B(O)c2ccc(Cl)c(C)c2)ccc1Cl. The molecule has 0 atom stereocenters. The number of hydrogen-bond acceptors (Lipinski definition) is 3. The molecule has 0 radical (unpaired) electrons. The van der Waals surface area contributed by atoms with E-state index in [2.05, 4.69) is 0 Å². The molecule has 176 valence electrons. The molecule has 0 spiro atoms. The van der Waals surface area contributed by atoms with Crippen molar-refractivity contribution >= 4 is 58.9 Å². The summed E-state index contributed by atoms with van der Waals surface area (Å²) < 4.78 is 6.08. The maximum absolute atomic E-state index is 11.0. The van der Waals surface area contributed by atoms with Crippen LogP contribution in [0.5, 0.6) is 0 Å². The third-order valence-corrected chi connectivity index (χ3v) is 7.06. The van der Waals surface area contributed by atoms with Gasteiger partial charge in [-0.15, -0.1) is 0 Å². The summed E-state index contributed by atoms with van der Waals surface area (Å²) >= 11 is 12.3. The first-order valence-corrected chi connectivity index (χ1v) is 12.2. The van der Waals surface area contributed by atoms with E-state index in [4.69, 9.17) is 27.9 Å². The lowest BCUT2D eigenvalue weighted by Crippen LogP contribution is -2.44. The zero-order valence-electron chi connectivity index (χ0n) is 19.7. The lowest BCUT2D eigenvalue weighted by molar-refractivity contribution is 0.108. The number of halogens is 2. The number of rotatable bonds is 8. The fourth-order valence-corrected chi connectivity index (χ4v) is 4.41. The second-order valence-corrected chi connectivity index (χ2v) is 9.53. The van der Waals surface area contributed by atoms with Crippen molar-refractivity contribution < 1.29 is 14.8 Å². The molecule has 0 bridgehead atoms. The summed E-state index contributed by atoms with van der Waals surface area (Å²) in [5, 5.41) is 23.4. The molecule has 35 heavy (non-hydrogen) atoms. The topological polar surface area (TPSA) is 49.7 Å². The van der Waals surface area contributed by atoms with E-state index >= 15 is 0 Å². The molecule has 0 unspecified atom stereocenters. The van der Waals surface area contributed by atoms with Gasteiger partial charge in [-0.3, -0.25) is 0 Å². The summed E-state index contributed by atoms with van der Waals surface area (Å²) in [6.45, 7) is 2.92. The summed E-state index contributed by atoms with van der Waals surface area (Å²) in [6, 6.07) is 26.5. The Morgan fingerprint density at radius 3 is 1.43 bits per heavy atom. The Morgan fingerprint density at radius 2 is 1.03 bits per heavy atom. The minimum absolute atomic E-state index is 0.324. The van der Waals surface area contributed by atoms with Gasteiger partial charge in [0.25, 0.3) is 0 Å². The monoisotopic (exact) mass is 502 g/mol. The van der Waals surface area contributed by atoms with Crippen molar-refractivity contribution in [2.45, 2.75) is 27.1 Å². The van der Waals surface area contributed by atoms with Crippen molar-refractivity contribution in [1.82, 2.24) is 0 Å². The Morgan fingerprint density at radius 1 is 0.629 bits per heavy atom. The van der Waals surface area contributed by atoms with E-state index in [1.165, 1.54) is 0 Å². The van der Waals surface area contributed by atoms with Gasteiger partial charge in [0.15, 0.2) is 0 Å². The van der Waals surface area contributed by atoms with Gasteiger partial charge in [0.1, 0.15) is 0 Å². The first-order valence-electron chi connectivity index (χ1n) is 11.5. The summed E-state index contributed by atoms with van der Waals surface area (Å²) in [4.78, 5) is 0. The number of aryl methyl sites for hydroxylation is 2. The molecule has 0 fully saturated rings. The summed E-state index contributed by atoms with van der Waals surface area (Å²) in [5.74, 6) is 0. The molecular weight excluding hydrogens is 477 g/mol. The van der Waals surface area contributed by atoms with Crippen molar-refractivity contribution in [2.24, 2.45) is 0 Å². The van der Waals surface area contributed by atoms with Crippen LogP contribution >= 0.6 is 23.2 Å². The Bertz CT molecular complexity index is 1230. The highest BCUT2D eigenvalue weighted by Crippen LogP contribution is 2.14. The van der Waals surface area contributed by atoms with E-state index in [0.29, 0.717) is 23.3 Å². The second-order valence-electron chi connectivity index (χ2n) is 8.71. The van der Waals surface area contributed by atoms with Crippen LogP contribution in [-0.2, 0) is 18.0 Å². The van der Waals surface area contributed by atoms with Gasteiger partial charge in [-0.2, -0.15) is 0 Å². The zero-order valence-corrected chi connectivity index (χ0v) is 21.2. The summed E-state index contributed by atoms with van der Waals surface area (Å²) in [5.41, 5.74) is 6.79. The molecule has 4 rings (SSSR count). The van der Waals surface area contributed by atoms with E-state index in [0.717, 1.165) is 44.1 Å². The van der Waals surface area contributed by atoms with Gasteiger partial charge in [0, 0.05) is 10.0 Å². The Hall–Kier alpha value is -2.53. The molecule has 0 aliphatic heterocycles. The first-order chi connectivity index (χ1) is 16.8. The van der Waals surface area contributed by atoms with Gasteiger partial charge in [-0.25, -0.2) is 0 Å². The Labute approximate surface area is 217 Å². The lowest BCUT2D eigenvalue weighted by Gasteiger charge is -2.16. The smallest absolute Gasteiger partial charge is 0.359 e. The molecule has 3 nitrogen and oxygen atoms in total. The van der Waals surface area contributed by atoms with E-state index in [-0.39, 0.29) is 0 Å². The summed E-state index contributed by atoms with van der Waals surface area (Å²) in [7, 11) is 0. The molecule has 4 aromatic rings. The van der Waals surface area contributed by atoms with Gasteiger partial charge in [0.05, 0.1) is 13.2 Å². The molecule has 4 aromatic carbocycles. The average Bonchev–Trinajstić information content (AvgIpc) is 2.87. The van der Waals surface area contributed by atoms with Gasteiger partial charge in [0.2, 0.25) is 0 Å². The Balaban J connectivity index is 1.50. The standard InChI is InChI=1S/C28H26B2Cl2O3/c1-19-15-23(11-13-27(19)31)29(33)25-9-5-3-7-21(25)17-35-18-22-8-4-6-10-26(22)30(34)24-12-14-28(32)20(2)16-24/h3-16,33-34H,17-18H2,1-2H3. The number of hydrogen-bond donors (Lipinski definition) is 2. The third kappa shape index (κ3) is 6.00. The summed E-state index contributed by atoms with van der Waals surface area (Å²) in [6.07, 6.45) is 0. The fourth-order valence-electron chi connectivity index (χ4n) is 4.17. The van der Waals surface area contributed by atoms with Crippen LogP contribution in [0.25, 0.3) is 0 Å². The van der Waals surface area contributed by atoms with Crippen LogP contribution in [0.1, 0.15) is 22.3 Å². The number of benzene rings is 4. The first kappa shape index (κ1) is 25.6. The van der Waals surface area contributed by atoms with Crippen LogP contribution in [0, 0.1) is 13.8 Å². The van der Waals surface area contributed by atoms with Crippen LogP contribution < -0.4 is 21.9 Å². The van der Waals surface area contributed by atoms with Gasteiger partial charge >= 0.3 is 13.8 Å². The molecule has 0 aliphatic rings. The van der Waals surface area contributed by atoms with Gasteiger partial charge in [-0.05, 0) is 70.1 Å². The minimum atomic E-state index is -0.784. The van der Waals surface area contributed by atoms with Crippen LogP contribution in [0.4, 0.5) is 0 Å². The van der Waals surface area contributed by atoms with Crippen molar-refractivity contribution in [3.8, 4) is 0 Å². The highest BCUT2D eigenvalue weighted by atomic mass is 35.5. The molecule has 0 amide bonds. The van der Waals surface area contributed by atoms with Crippen molar-refractivity contribution in [2.75, 3.05) is 0 Å². The molecule has 0 saturated carbocycles. The van der Waals surface area contributed by atoms with Crippen LogP contribution in [0.15, 0.2) is 84.9 Å². The van der Waals surface area contributed by atoms with Crippen molar-refractivity contribution in [1.29, 1.82) is 0 Å². The highest BCUT2D eigenvalue weighted by molar-refractivity contribution is 6.79. The van der Waals surface area contributed by atoms with Crippen LogP contribution in [-0.4, -0.2) is 23.9 Å². The maximum Gasteiger partial charge on any atom is 0.359 e. The van der Waals surface area contributed by atoms with Gasteiger partial charge in [-0.1, -0.05) is 96.0 Å². The van der Waals surface area contributed by atoms with E-state index in [1.807, 2.05) is 86.6 Å². The lowest BCUT2D eigenvalue weighted by atomic mass is 9.54. The molecular formula is C28H26B2Cl2O3. The fraction of sp³-hybridized carbons (Fsp3) is 0.143. The second kappa shape index (κ2) is 11.5. The predicted octanol–water partition coefficient (Wildman–Crippen LogP) is 3.52. The zero-order chi connectivity index (χ0) is 24.9. The molecule has 0 aromatic heterocycles. The van der Waals surface area contributed by atoms with E-state index in [9.17, 15) is 10.0 Å².